The molecule has 0 aliphatic heterocycles. The van der Waals surface area contributed by atoms with Crippen LogP contribution in [-0.4, -0.2) is 24.6 Å². The number of aromatic nitrogens is 1. The van der Waals surface area contributed by atoms with Gasteiger partial charge in [0.15, 0.2) is 0 Å². The molecule has 0 bridgehead atoms. The molecule has 0 atom stereocenters. The molecule has 0 spiro atoms. The Hall–Kier alpha value is -1.39. The number of likely N-dealkylation sites (N-methyl/N-ethyl adjacent to an activating group) is 1. The molecule has 3 nitrogen and oxygen atoms in total. The fourth-order valence-electron chi connectivity index (χ4n) is 2.28. The van der Waals surface area contributed by atoms with Crippen molar-refractivity contribution in [1.29, 1.82) is 0 Å². The van der Waals surface area contributed by atoms with Gasteiger partial charge < -0.3 is 10.2 Å². The van der Waals surface area contributed by atoms with Gasteiger partial charge in [0.05, 0.1) is 0 Å². The Bertz CT molecular complexity index is 549. The minimum absolute atomic E-state index is 0.499. The molecule has 0 saturated carbocycles. The molecule has 21 heavy (non-hydrogen) atoms. The average Bonchev–Trinajstić information content (AvgIpc) is 2.96. The summed E-state index contributed by atoms with van der Waals surface area (Å²) < 4.78 is 0. The second-order valence-electron chi connectivity index (χ2n) is 5.77. The van der Waals surface area contributed by atoms with E-state index in [2.05, 4.69) is 66.6 Å². The lowest BCUT2D eigenvalue weighted by Gasteiger charge is -2.20. The Balaban J connectivity index is 1.95. The summed E-state index contributed by atoms with van der Waals surface area (Å²) in [6.07, 6.45) is 3.06. The summed E-state index contributed by atoms with van der Waals surface area (Å²) in [5.41, 5.74) is 2.49. The van der Waals surface area contributed by atoms with Gasteiger partial charge in [0, 0.05) is 37.3 Å². The maximum atomic E-state index is 4.65. The van der Waals surface area contributed by atoms with Gasteiger partial charge in [-0.2, -0.15) is 0 Å². The van der Waals surface area contributed by atoms with E-state index < -0.39 is 0 Å². The van der Waals surface area contributed by atoms with Crippen LogP contribution in [0.5, 0.6) is 0 Å². The van der Waals surface area contributed by atoms with Crippen LogP contribution < -0.4 is 10.2 Å². The highest BCUT2D eigenvalue weighted by atomic mass is 32.1. The van der Waals surface area contributed by atoms with E-state index in [4.69, 9.17) is 0 Å². The second kappa shape index (κ2) is 7.57. The van der Waals surface area contributed by atoms with Crippen molar-refractivity contribution in [3.63, 3.8) is 0 Å². The highest BCUT2D eigenvalue weighted by Crippen LogP contribution is 2.18. The van der Waals surface area contributed by atoms with Gasteiger partial charge in [-0.15, -0.1) is 11.3 Å². The highest BCUT2D eigenvalue weighted by molar-refractivity contribution is 7.09. The maximum absolute atomic E-state index is 4.65. The molecule has 0 aromatic carbocycles. The standard InChI is InChI=1S/C17H25N3S/c1-13(2)18-11-15-10-14(3)17(19-12-15)20(4)8-7-16-6-5-9-21-16/h5-6,9-10,12-13,18H,7-8,11H2,1-4H3. The summed E-state index contributed by atoms with van der Waals surface area (Å²) in [5, 5.41) is 5.56. The van der Waals surface area contributed by atoms with E-state index in [9.17, 15) is 0 Å². The first-order valence-corrected chi connectivity index (χ1v) is 8.36. The number of pyridine rings is 1. The lowest BCUT2D eigenvalue weighted by molar-refractivity contribution is 0.587. The molecular weight excluding hydrogens is 278 g/mol. The lowest BCUT2D eigenvalue weighted by Crippen LogP contribution is -2.24. The minimum atomic E-state index is 0.499. The molecule has 0 saturated heterocycles. The third-order valence-electron chi connectivity index (χ3n) is 3.46. The van der Waals surface area contributed by atoms with E-state index in [0.717, 1.165) is 25.3 Å². The Morgan fingerprint density at radius 1 is 1.38 bits per heavy atom. The molecule has 114 valence electrons. The topological polar surface area (TPSA) is 28.2 Å². The van der Waals surface area contributed by atoms with Gasteiger partial charge in [-0.1, -0.05) is 19.9 Å². The van der Waals surface area contributed by atoms with E-state index in [0.29, 0.717) is 6.04 Å². The minimum Gasteiger partial charge on any atom is -0.359 e. The van der Waals surface area contributed by atoms with Gasteiger partial charge in [0.25, 0.3) is 0 Å². The molecule has 0 fully saturated rings. The third kappa shape index (κ3) is 4.83. The van der Waals surface area contributed by atoms with Crippen LogP contribution in [0.25, 0.3) is 0 Å². The molecule has 0 amide bonds. The van der Waals surface area contributed by atoms with Crippen molar-refractivity contribution < 1.29 is 0 Å². The van der Waals surface area contributed by atoms with E-state index in [1.807, 2.05) is 17.5 Å². The van der Waals surface area contributed by atoms with Crippen molar-refractivity contribution >= 4 is 17.2 Å². The first-order chi connectivity index (χ1) is 10.1. The largest absolute Gasteiger partial charge is 0.359 e. The van der Waals surface area contributed by atoms with Crippen molar-refractivity contribution in [3.05, 3.63) is 45.8 Å². The predicted molar refractivity (Wildman–Crippen MR) is 92.2 cm³/mol. The number of aryl methyl sites for hydroxylation is 1. The van der Waals surface area contributed by atoms with Gasteiger partial charge >= 0.3 is 0 Å². The van der Waals surface area contributed by atoms with Crippen molar-refractivity contribution in [2.75, 3.05) is 18.5 Å². The van der Waals surface area contributed by atoms with Crippen molar-refractivity contribution in [3.8, 4) is 0 Å². The molecule has 0 radical (unpaired) electrons. The molecule has 0 aliphatic carbocycles. The fourth-order valence-corrected chi connectivity index (χ4v) is 2.98. The van der Waals surface area contributed by atoms with Crippen molar-refractivity contribution in [2.45, 2.75) is 39.8 Å². The van der Waals surface area contributed by atoms with Crippen LogP contribution in [0.1, 0.15) is 29.9 Å². The van der Waals surface area contributed by atoms with Crippen LogP contribution in [0.4, 0.5) is 5.82 Å². The summed E-state index contributed by atoms with van der Waals surface area (Å²) in [7, 11) is 2.12. The maximum Gasteiger partial charge on any atom is 0.131 e. The zero-order valence-electron chi connectivity index (χ0n) is 13.4. The zero-order chi connectivity index (χ0) is 15.2. The van der Waals surface area contributed by atoms with Gasteiger partial charge in [-0.3, -0.25) is 0 Å². The van der Waals surface area contributed by atoms with Crippen molar-refractivity contribution in [2.24, 2.45) is 0 Å². The molecule has 2 rings (SSSR count). The monoisotopic (exact) mass is 303 g/mol. The van der Waals surface area contributed by atoms with E-state index in [1.54, 1.807) is 0 Å². The summed E-state index contributed by atoms with van der Waals surface area (Å²) in [6.45, 7) is 8.34. The summed E-state index contributed by atoms with van der Waals surface area (Å²) in [5.74, 6) is 1.08. The van der Waals surface area contributed by atoms with E-state index in [-0.39, 0.29) is 0 Å². The van der Waals surface area contributed by atoms with Crippen LogP contribution in [0.2, 0.25) is 0 Å². The lowest BCUT2D eigenvalue weighted by atomic mass is 10.2. The van der Waals surface area contributed by atoms with Gasteiger partial charge in [0.2, 0.25) is 0 Å². The Morgan fingerprint density at radius 3 is 2.81 bits per heavy atom. The van der Waals surface area contributed by atoms with E-state index >= 15 is 0 Å². The smallest absolute Gasteiger partial charge is 0.131 e. The van der Waals surface area contributed by atoms with Crippen LogP contribution in [-0.2, 0) is 13.0 Å². The van der Waals surface area contributed by atoms with Gasteiger partial charge in [-0.25, -0.2) is 4.98 Å². The number of hydrogen-bond donors (Lipinski definition) is 1. The molecular formula is C17H25N3S. The SMILES string of the molecule is Cc1cc(CNC(C)C)cnc1N(C)CCc1cccs1. The highest BCUT2D eigenvalue weighted by Gasteiger charge is 2.08. The molecule has 2 heterocycles. The van der Waals surface area contributed by atoms with Crippen molar-refractivity contribution in [1.82, 2.24) is 10.3 Å². The zero-order valence-corrected chi connectivity index (χ0v) is 14.2. The normalized spacial score (nSPS) is 11.1. The van der Waals surface area contributed by atoms with Crippen LogP contribution in [0.15, 0.2) is 29.8 Å². The molecule has 2 aromatic rings. The number of thiophene rings is 1. The molecule has 4 heteroatoms. The van der Waals surface area contributed by atoms with Crippen LogP contribution >= 0.6 is 11.3 Å². The van der Waals surface area contributed by atoms with E-state index in [1.165, 1.54) is 16.0 Å². The Morgan fingerprint density at radius 2 is 2.19 bits per heavy atom. The first kappa shape index (κ1) is 16.0. The Kier molecular flexibility index (Phi) is 5.76. The van der Waals surface area contributed by atoms with Crippen LogP contribution in [0, 0.1) is 6.92 Å². The quantitative estimate of drug-likeness (QED) is 0.846. The summed E-state index contributed by atoms with van der Waals surface area (Å²) in [4.78, 5) is 8.32. The molecule has 2 aromatic heterocycles. The first-order valence-electron chi connectivity index (χ1n) is 7.48. The average molecular weight is 303 g/mol. The molecule has 0 aliphatic rings. The summed E-state index contributed by atoms with van der Waals surface area (Å²) in [6, 6.07) is 7.04. The Labute approximate surface area is 132 Å². The number of nitrogens with zero attached hydrogens (tertiary/aromatic N) is 2. The molecule has 0 unspecified atom stereocenters. The number of anilines is 1. The van der Waals surface area contributed by atoms with Gasteiger partial charge in [0.1, 0.15) is 5.82 Å². The third-order valence-corrected chi connectivity index (χ3v) is 4.39. The number of rotatable bonds is 7. The number of nitrogens with one attached hydrogen (secondary N) is 1. The fraction of sp³-hybridized carbons (Fsp3) is 0.471. The predicted octanol–water partition coefficient (Wildman–Crippen LogP) is 3.63. The molecule has 1 N–H and O–H groups in total. The van der Waals surface area contributed by atoms with Gasteiger partial charge in [-0.05, 0) is 42.0 Å². The summed E-state index contributed by atoms with van der Waals surface area (Å²) >= 11 is 1.82. The second-order valence-corrected chi connectivity index (χ2v) is 6.80. The number of hydrogen-bond acceptors (Lipinski definition) is 4. The van der Waals surface area contributed by atoms with Crippen LogP contribution in [0.3, 0.4) is 0 Å².